The van der Waals surface area contributed by atoms with Crippen molar-refractivity contribution >= 4 is 17.3 Å². The highest BCUT2D eigenvalue weighted by Crippen LogP contribution is 2.26. The van der Waals surface area contributed by atoms with Crippen LogP contribution in [0.25, 0.3) is 0 Å². The maximum Gasteiger partial charge on any atom is 0.312 e. The maximum atomic E-state index is 11.2. The topological polar surface area (TPSA) is 57.5 Å². The van der Waals surface area contributed by atoms with Gasteiger partial charge in [-0.2, -0.15) is 0 Å². The van der Waals surface area contributed by atoms with Gasteiger partial charge in [-0.3, -0.25) is 4.79 Å². The van der Waals surface area contributed by atoms with Crippen molar-refractivity contribution in [2.24, 2.45) is 0 Å². The van der Waals surface area contributed by atoms with Crippen molar-refractivity contribution in [3.63, 3.8) is 0 Å². The van der Waals surface area contributed by atoms with Crippen LogP contribution in [-0.2, 0) is 11.2 Å². The molecule has 1 heterocycles. The second-order valence-corrected chi connectivity index (χ2v) is 4.76. The molecule has 1 aromatic carbocycles. The number of rotatable bonds is 4. The van der Waals surface area contributed by atoms with E-state index in [2.05, 4.69) is 0 Å². The third-order valence-electron chi connectivity index (χ3n) is 2.54. The minimum absolute atomic E-state index is 0.165. The fraction of sp³-hybridized carbons (Fsp3) is 0.154. The molecule has 1 unspecified atom stereocenters. The Morgan fingerprint density at radius 1 is 1.29 bits per heavy atom. The van der Waals surface area contributed by atoms with Gasteiger partial charge >= 0.3 is 5.97 Å². The lowest BCUT2D eigenvalue weighted by molar-refractivity contribution is -0.138. The van der Waals surface area contributed by atoms with Crippen molar-refractivity contribution in [3.05, 3.63) is 52.2 Å². The largest absolute Gasteiger partial charge is 0.508 e. The molecule has 2 N–H and O–H groups in total. The molecule has 1 aromatic heterocycles. The minimum Gasteiger partial charge on any atom is -0.508 e. The molecule has 0 aliphatic carbocycles. The van der Waals surface area contributed by atoms with E-state index in [1.807, 2.05) is 23.6 Å². The maximum absolute atomic E-state index is 11.2. The Bertz CT molecular complexity index is 505. The van der Waals surface area contributed by atoms with E-state index in [9.17, 15) is 15.0 Å². The van der Waals surface area contributed by atoms with E-state index in [1.54, 1.807) is 18.2 Å². The predicted octanol–water partition coefficient (Wildman–Crippen LogP) is 2.86. The number of phenols is 1. The molecule has 0 fully saturated rings. The number of thiophene rings is 1. The molecule has 1 atom stereocenters. The molecule has 2 rings (SSSR count). The van der Waals surface area contributed by atoms with Crippen LogP contribution in [0.4, 0.5) is 0 Å². The number of hydrogen-bond donors (Lipinski definition) is 2. The van der Waals surface area contributed by atoms with Crippen LogP contribution >= 0.6 is 11.3 Å². The summed E-state index contributed by atoms with van der Waals surface area (Å²) in [7, 11) is 0. The van der Waals surface area contributed by atoms with Crippen LogP contribution in [0.3, 0.4) is 0 Å². The van der Waals surface area contributed by atoms with E-state index < -0.39 is 11.9 Å². The van der Waals surface area contributed by atoms with E-state index in [-0.39, 0.29) is 5.75 Å². The first kappa shape index (κ1) is 11.7. The summed E-state index contributed by atoms with van der Waals surface area (Å²) in [6, 6.07) is 10.4. The number of hydrogen-bond acceptors (Lipinski definition) is 3. The van der Waals surface area contributed by atoms with Gasteiger partial charge in [-0.05, 0) is 35.6 Å². The standard InChI is InChI=1S/C13H12O3S/c14-10-4-1-3-9(7-10)8-11(13(15)16)12-5-2-6-17-12/h1-7,11,14H,8H2,(H,15,16). The molecule has 88 valence electrons. The first-order valence-electron chi connectivity index (χ1n) is 5.21. The first-order valence-corrected chi connectivity index (χ1v) is 6.09. The highest BCUT2D eigenvalue weighted by atomic mass is 32.1. The van der Waals surface area contributed by atoms with Gasteiger partial charge in [-0.1, -0.05) is 18.2 Å². The summed E-state index contributed by atoms with van der Waals surface area (Å²) in [5.41, 5.74) is 0.825. The van der Waals surface area contributed by atoms with Crippen LogP contribution in [0.2, 0.25) is 0 Å². The monoisotopic (exact) mass is 248 g/mol. The van der Waals surface area contributed by atoms with Gasteiger partial charge in [0.05, 0.1) is 5.92 Å². The second kappa shape index (κ2) is 5.01. The molecule has 0 aliphatic heterocycles. The van der Waals surface area contributed by atoms with E-state index in [0.29, 0.717) is 6.42 Å². The van der Waals surface area contributed by atoms with E-state index in [4.69, 9.17) is 0 Å². The predicted molar refractivity (Wildman–Crippen MR) is 66.5 cm³/mol. The Kier molecular flexibility index (Phi) is 3.44. The molecule has 17 heavy (non-hydrogen) atoms. The van der Waals surface area contributed by atoms with Crippen LogP contribution in [-0.4, -0.2) is 16.2 Å². The third-order valence-corrected chi connectivity index (χ3v) is 3.52. The van der Waals surface area contributed by atoms with Crippen molar-refractivity contribution in [2.75, 3.05) is 0 Å². The molecule has 0 saturated carbocycles. The Morgan fingerprint density at radius 2 is 2.12 bits per heavy atom. The van der Waals surface area contributed by atoms with Crippen LogP contribution in [0.1, 0.15) is 16.4 Å². The van der Waals surface area contributed by atoms with Crippen molar-refractivity contribution in [3.8, 4) is 5.75 Å². The molecule has 0 aliphatic rings. The molecule has 0 saturated heterocycles. The van der Waals surface area contributed by atoms with E-state index >= 15 is 0 Å². The SMILES string of the molecule is O=C(O)C(Cc1cccc(O)c1)c1cccs1. The minimum atomic E-state index is -0.837. The molecule has 0 spiro atoms. The van der Waals surface area contributed by atoms with Crippen molar-refractivity contribution in [1.29, 1.82) is 0 Å². The van der Waals surface area contributed by atoms with Crippen LogP contribution in [0, 0.1) is 0 Å². The van der Waals surface area contributed by atoms with Crippen LogP contribution < -0.4 is 0 Å². The number of aromatic hydroxyl groups is 1. The number of aliphatic carboxylic acids is 1. The van der Waals surface area contributed by atoms with Crippen LogP contribution in [0.5, 0.6) is 5.75 Å². The molecule has 4 heteroatoms. The number of phenolic OH excluding ortho intramolecular Hbond substituents is 1. The van der Waals surface area contributed by atoms with Gasteiger partial charge in [0.15, 0.2) is 0 Å². The molecule has 3 nitrogen and oxygen atoms in total. The van der Waals surface area contributed by atoms with E-state index in [0.717, 1.165) is 10.4 Å². The Labute approximate surface area is 103 Å². The van der Waals surface area contributed by atoms with Gasteiger partial charge in [0.1, 0.15) is 5.75 Å². The van der Waals surface area contributed by atoms with Gasteiger partial charge in [0, 0.05) is 4.88 Å². The lowest BCUT2D eigenvalue weighted by Crippen LogP contribution is -2.13. The summed E-state index contributed by atoms with van der Waals surface area (Å²) in [5, 5.41) is 20.4. The molecule has 0 radical (unpaired) electrons. The number of carbonyl (C=O) groups is 1. The van der Waals surface area contributed by atoms with Gasteiger partial charge < -0.3 is 10.2 Å². The van der Waals surface area contributed by atoms with Gasteiger partial charge in [-0.15, -0.1) is 11.3 Å². The summed E-state index contributed by atoms with van der Waals surface area (Å²) in [6.45, 7) is 0. The van der Waals surface area contributed by atoms with Crippen molar-refractivity contribution < 1.29 is 15.0 Å². The van der Waals surface area contributed by atoms with Gasteiger partial charge in [-0.25, -0.2) is 0 Å². The Hall–Kier alpha value is -1.81. The first-order chi connectivity index (χ1) is 8.16. The lowest BCUT2D eigenvalue weighted by Gasteiger charge is -2.10. The van der Waals surface area contributed by atoms with Gasteiger partial charge in [0.2, 0.25) is 0 Å². The van der Waals surface area contributed by atoms with Gasteiger partial charge in [0.25, 0.3) is 0 Å². The number of benzene rings is 1. The molecular weight excluding hydrogens is 236 g/mol. The van der Waals surface area contributed by atoms with E-state index in [1.165, 1.54) is 11.3 Å². The lowest BCUT2D eigenvalue weighted by atomic mass is 9.98. The molecule has 0 amide bonds. The molecule has 0 bridgehead atoms. The van der Waals surface area contributed by atoms with Crippen LogP contribution in [0.15, 0.2) is 41.8 Å². The smallest absolute Gasteiger partial charge is 0.312 e. The Morgan fingerprint density at radius 3 is 2.71 bits per heavy atom. The fourth-order valence-electron chi connectivity index (χ4n) is 1.72. The summed E-state index contributed by atoms with van der Waals surface area (Å²) < 4.78 is 0. The summed E-state index contributed by atoms with van der Waals surface area (Å²) >= 11 is 1.44. The molecule has 2 aromatic rings. The van der Waals surface area contributed by atoms with Crippen molar-refractivity contribution in [2.45, 2.75) is 12.3 Å². The quantitative estimate of drug-likeness (QED) is 0.874. The average molecular weight is 248 g/mol. The zero-order valence-electron chi connectivity index (χ0n) is 9.04. The average Bonchev–Trinajstić information content (AvgIpc) is 2.78. The summed E-state index contributed by atoms with van der Waals surface area (Å²) in [6.07, 6.45) is 0.393. The Balaban J connectivity index is 2.22. The number of carboxylic acid groups (broad SMARTS) is 1. The zero-order chi connectivity index (χ0) is 12.3. The fourth-order valence-corrected chi connectivity index (χ4v) is 2.54. The molecular formula is C13H12O3S. The third kappa shape index (κ3) is 2.85. The summed E-state index contributed by atoms with van der Waals surface area (Å²) in [5.74, 6) is -1.22. The number of carboxylic acids is 1. The highest BCUT2D eigenvalue weighted by Gasteiger charge is 2.21. The highest BCUT2D eigenvalue weighted by molar-refractivity contribution is 7.10. The zero-order valence-corrected chi connectivity index (χ0v) is 9.85. The summed E-state index contributed by atoms with van der Waals surface area (Å²) in [4.78, 5) is 12.1. The second-order valence-electron chi connectivity index (χ2n) is 3.78. The van der Waals surface area contributed by atoms with Crippen molar-refractivity contribution in [1.82, 2.24) is 0 Å². The normalized spacial score (nSPS) is 12.2.